The lowest BCUT2D eigenvalue weighted by molar-refractivity contribution is 0.0807. The molecular formula is C14H22BrNO2. The van der Waals surface area contributed by atoms with Gasteiger partial charge in [0.1, 0.15) is 11.9 Å². The van der Waals surface area contributed by atoms with E-state index in [0.29, 0.717) is 6.61 Å². The molecule has 4 heteroatoms. The Kier molecular flexibility index (Phi) is 7.32. The van der Waals surface area contributed by atoms with Gasteiger partial charge in [-0.25, -0.2) is 0 Å². The van der Waals surface area contributed by atoms with Crippen LogP contribution < -0.4 is 10.1 Å². The van der Waals surface area contributed by atoms with Crippen LogP contribution in [0.5, 0.6) is 5.75 Å². The second-order valence-electron chi connectivity index (χ2n) is 4.31. The molecule has 18 heavy (non-hydrogen) atoms. The minimum absolute atomic E-state index is 0.0436. The molecule has 1 rings (SSSR count). The summed E-state index contributed by atoms with van der Waals surface area (Å²) in [7, 11) is 1.70. The van der Waals surface area contributed by atoms with E-state index in [4.69, 9.17) is 9.47 Å². The second-order valence-corrected chi connectivity index (χ2v) is 5.16. The molecule has 0 bridgehead atoms. The topological polar surface area (TPSA) is 30.5 Å². The molecule has 1 aromatic rings. The van der Waals surface area contributed by atoms with Gasteiger partial charge in [0.05, 0.1) is 6.61 Å². The summed E-state index contributed by atoms with van der Waals surface area (Å²) in [4.78, 5) is 0. The molecule has 0 aliphatic heterocycles. The standard InChI is InChI=1S/C14H22BrNO2/c1-4-7-16-9-13(10-17-3)18-12-5-6-14(15)11(2)8-12/h5-6,8,13,16H,4,7,9-10H2,1-3H3. The highest BCUT2D eigenvalue weighted by Gasteiger charge is 2.10. The van der Waals surface area contributed by atoms with Crippen molar-refractivity contribution in [3.63, 3.8) is 0 Å². The lowest BCUT2D eigenvalue weighted by Crippen LogP contribution is -2.35. The first-order valence-electron chi connectivity index (χ1n) is 6.29. The summed E-state index contributed by atoms with van der Waals surface area (Å²) in [5.41, 5.74) is 1.17. The van der Waals surface area contributed by atoms with Crippen LogP contribution in [-0.4, -0.2) is 32.9 Å². The van der Waals surface area contributed by atoms with Crippen LogP contribution in [0.15, 0.2) is 22.7 Å². The van der Waals surface area contributed by atoms with Gasteiger partial charge in [0.15, 0.2) is 0 Å². The van der Waals surface area contributed by atoms with Crippen molar-refractivity contribution in [2.75, 3.05) is 26.8 Å². The van der Waals surface area contributed by atoms with Crippen LogP contribution in [-0.2, 0) is 4.74 Å². The average molecular weight is 316 g/mol. The lowest BCUT2D eigenvalue weighted by Gasteiger charge is -2.19. The zero-order valence-electron chi connectivity index (χ0n) is 11.3. The van der Waals surface area contributed by atoms with Gasteiger partial charge in [-0.15, -0.1) is 0 Å². The van der Waals surface area contributed by atoms with E-state index in [2.05, 4.69) is 35.1 Å². The normalized spacial score (nSPS) is 12.4. The Morgan fingerprint density at radius 3 is 2.78 bits per heavy atom. The molecule has 0 aromatic heterocycles. The zero-order valence-corrected chi connectivity index (χ0v) is 12.9. The number of hydrogen-bond acceptors (Lipinski definition) is 3. The highest BCUT2D eigenvalue weighted by Crippen LogP contribution is 2.22. The van der Waals surface area contributed by atoms with E-state index in [9.17, 15) is 0 Å². The number of nitrogens with one attached hydrogen (secondary N) is 1. The molecule has 3 nitrogen and oxygen atoms in total. The van der Waals surface area contributed by atoms with E-state index >= 15 is 0 Å². The molecule has 0 heterocycles. The van der Waals surface area contributed by atoms with Gasteiger partial charge >= 0.3 is 0 Å². The fraction of sp³-hybridized carbons (Fsp3) is 0.571. The smallest absolute Gasteiger partial charge is 0.134 e. The first kappa shape index (κ1) is 15.5. The van der Waals surface area contributed by atoms with Crippen molar-refractivity contribution in [2.24, 2.45) is 0 Å². The third-order valence-corrected chi connectivity index (χ3v) is 3.47. The number of aryl methyl sites for hydroxylation is 1. The van der Waals surface area contributed by atoms with Gasteiger partial charge in [-0.1, -0.05) is 22.9 Å². The molecule has 1 N–H and O–H groups in total. The summed E-state index contributed by atoms with van der Waals surface area (Å²) in [5, 5.41) is 3.35. The third kappa shape index (κ3) is 5.38. The Morgan fingerprint density at radius 2 is 2.17 bits per heavy atom. The van der Waals surface area contributed by atoms with Crippen molar-refractivity contribution in [3.8, 4) is 5.75 Å². The predicted octanol–water partition coefficient (Wildman–Crippen LogP) is 3.15. The third-order valence-electron chi connectivity index (χ3n) is 2.58. The van der Waals surface area contributed by atoms with E-state index in [0.717, 1.165) is 29.7 Å². The van der Waals surface area contributed by atoms with Crippen molar-refractivity contribution in [1.82, 2.24) is 5.32 Å². The number of halogens is 1. The minimum atomic E-state index is 0.0436. The zero-order chi connectivity index (χ0) is 13.4. The monoisotopic (exact) mass is 315 g/mol. The Hall–Kier alpha value is -0.580. The summed E-state index contributed by atoms with van der Waals surface area (Å²) in [6.45, 7) is 6.60. The number of hydrogen-bond donors (Lipinski definition) is 1. The molecule has 0 aliphatic carbocycles. The van der Waals surface area contributed by atoms with Crippen molar-refractivity contribution in [3.05, 3.63) is 28.2 Å². The first-order chi connectivity index (χ1) is 8.67. The van der Waals surface area contributed by atoms with Crippen molar-refractivity contribution in [1.29, 1.82) is 0 Å². The summed E-state index contributed by atoms with van der Waals surface area (Å²) >= 11 is 3.49. The van der Waals surface area contributed by atoms with E-state index in [1.54, 1.807) is 7.11 Å². The molecule has 0 radical (unpaired) electrons. The van der Waals surface area contributed by atoms with Crippen LogP contribution in [0.2, 0.25) is 0 Å². The van der Waals surface area contributed by atoms with E-state index < -0.39 is 0 Å². The van der Waals surface area contributed by atoms with E-state index in [1.165, 1.54) is 5.56 Å². The van der Waals surface area contributed by atoms with Crippen LogP contribution >= 0.6 is 15.9 Å². The van der Waals surface area contributed by atoms with E-state index in [1.807, 2.05) is 18.2 Å². The Morgan fingerprint density at radius 1 is 1.39 bits per heavy atom. The Bertz CT molecular complexity index is 358. The summed E-state index contributed by atoms with van der Waals surface area (Å²) < 4.78 is 12.2. The van der Waals surface area contributed by atoms with Gasteiger partial charge in [0.25, 0.3) is 0 Å². The van der Waals surface area contributed by atoms with Gasteiger partial charge in [-0.3, -0.25) is 0 Å². The maximum atomic E-state index is 5.93. The van der Waals surface area contributed by atoms with Crippen LogP contribution in [0.4, 0.5) is 0 Å². The fourth-order valence-corrected chi connectivity index (χ4v) is 1.89. The molecule has 0 aliphatic rings. The predicted molar refractivity (Wildman–Crippen MR) is 78.3 cm³/mol. The SMILES string of the molecule is CCCNCC(COC)Oc1ccc(Br)c(C)c1. The largest absolute Gasteiger partial charge is 0.487 e. The van der Waals surface area contributed by atoms with E-state index in [-0.39, 0.29) is 6.10 Å². The number of rotatable bonds is 8. The van der Waals surface area contributed by atoms with Crippen LogP contribution in [0, 0.1) is 6.92 Å². The molecule has 0 saturated heterocycles. The summed E-state index contributed by atoms with van der Waals surface area (Å²) in [6, 6.07) is 6.01. The fourth-order valence-electron chi connectivity index (χ4n) is 1.64. The minimum Gasteiger partial charge on any atom is -0.487 e. The lowest BCUT2D eigenvalue weighted by atomic mass is 10.2. The maximum Gasteiger partial charge on any atom is 0.134 e. The number of ether oxygens (including phenoxy) is 2. The van der Waals surface area contributed by atoms with Crippen molar-refractivity contribution < 1.29 is 9.47 Å². The van der Waals surface area contributed by atoms with Crippen LogP contribution in [0.25, 0.3) is 0 Å². The molecule has 1 unspecified atom stereocenters. The van der Waals surface area contributed by atoms with Crippen molar-refractivity contribution in [2.45, 2.75) is 26.4 Å². The van der Waals surface area contributed by atoms with Gasteiger partial charge in [0, 0.05) is 18.1 Å². The average Bonchev–Trinajstić information content (AvgIpc) is 2.34. The quantitative estimate of drug-likeness (QED) is 0.747. The van der Waals surface area contributed by atoms with Gasteiger partial charge < -0.3 is 14.8 Å². The summed E-state index contributed by atoms with van der Waals surface area (Å²) in [6.07, 6.45) is 1.17. The van der Waals surface area contributed by atoms with Gasteiger partial charge in [-0.2, -0.15) is 0 Å². The number of methoxy groups -OCH3 is 1. The van der Waals surface area contributed by atoms with Crippen LogP contribution in [0.3, 0.4) is 0 Å². The Labute approximate surface area is 118 Å². The summed E-state index contributed by atoms with van der Waals surface area (Å²) in [5.74, 6) is 0.885. The Balaban J connectivity index is 2.55. The highest BCUT2D eigenvalue weighted by molar-refractivity contribution is 9.10. The van der Waals surface area contributed by atoms with Gasteiger partial charge in [-0.05, 0) is 43.7 Å². The second kappa shape index (κ2) is 8.51. The molecular weight excluding hydrogens is 294 g/mol. The molecule has 1 atom stereocenters. The molecule has 0 amide bonds. The molecule has 1 aromatic carbocycles. The molecule has 102 valence electrons. The molecule has 0 saturated carbocycles. The number of benzene rings is 1. The highest BCUT2D eigenvalue weighted by atomic mass is 79.9. The first-order valence-corrected chi connectivity index (χ1v) is 7.09. The van der Waals surface area contributed by atoms with Crippen LogP contribution in [0.1, 0.15) is 18.9 Å². The molecule has 0 fully saturated rings. The maximum absolute atomic E-state index is 5.93. The van der Waals surface area contributed by atoms with Crippen molar-refractivity contribution >= 4 is 15.9 Å². The van der Waals surface area contributed by atoms with Gasteiger partial charge in [0.2, 0.25) is 0 Å². The molecule has 0 spiro atoms.